The molecular weight excluding hydrogens is 606 g/mol. The topological polar surface area (TPSA) is 223 Å². The number of morpholine rings is 4. The first kappa shape index (κ1) is 36.5. The van der Waals surface area contributed by atoms with Crippen molar-refractivity contribution in [3.8, 4) is 0 Å². The van der Waals surface area contributed by atoms with E-state index >= 15 is 0 Å². The molecule has 0 aromatic rings. The predicted molar refractivity (Wildman–Crippen MR) is 187 cm³/mol. The van der Waals surface area contributed by atoms with Crippen molar-refractivity contribution in [3.63, 3.8) is 0 Å². The van der Waals surface area contributed by atoms with Gasteiger partial charge in [-0.05, 0) is 5.53 Å². The Morgan fingerprint density at radius 2 is 0.979 bits per heavy atom. The zero-order valence-corrected chi connectivity index (χ0v) is 28.3. The normalized spacial score (nSPS) is 31.3. The molecule has 8 unspecified atom stereocenters. The highest BCUT2D eigenvalue weighted by Crippen LogP contribution is 2.14. The number of amides is 1. The minimum Gasteiger partial charge on any atom is -0.380 e. The van der Waals surface area contributed by atoms with Crippen molar-refractivity contribution >= 4 is 55.2 Å². The summed E-state index contributed by atoms with van der Waals surface area (Å²) in [5.74, 6) is 0.861. The van der Waals surface area contributed by atoms with Crippen LogP contribution < -0.4 is 16.0 Å². The fourth-order valence-electron chi connectivity index (χ4n) is 6.52. The third-order valence-corrected chi connectivity index (χ3v) is 8.54. The van der Waals surface area contributed by atoms with E-state index in [1.165, 1.54) is 0 Å². The summed E-state index contributed by atoms with van der Waals surface area (Å²) < 4.78 is 24.1. The molecule has 47 heavy (non-hydrogen) atoms. The Hall–Kier alpha value is -3.31. The van der Waals surface area contributed by atoms with Gasteiger partial charge in [-0.25, -0.2) is 0 Å². The molecule has 4 heterocycles. The van der Waals surface area contributed by atoms with Crippen LogP contribution in [-0.2, 0) is 23.7 Å². The first-order valence-electron chi connectivity index (χ1n) is 16.5. The van der Waals surface area contributed by atoms with Crippen molar-refractivity contribution < 1.29 is 23.7 Å². The first-order valence-corrected chi connectivity index (χ1v) is 16.5. The molecule has 0 radical (unpaired) electrons. The Kier molecular flexibility index (Phi) is 13.4. The number of carbonyl (C=O) groups excluding carboxylic acids is 1. The molecule has 4 fully saturated rings. The maximum Gasteiger partial charge on any atom is 0.219 e. The van der Waals surface area contributed by atoms with E-state index in [9.17, 15) is 4.79 Å². The third kappa shape index (κ3) is 11.1. The molecule has 0 aliphatic carbocycles. The highest BCUT2D eigenvalue weighted by Gasteiger charge is 2.32. The summed E-state index contributed by atoms with van der Waals surface area (Å²) >= 11 is 0. The van der Waals surface area contributed by atoms with Crippen molar-refractivity contribution in [2.75, 3.05) is 78.5 Å². The Morgan fingerprint density at radius 1 is 0.660 bits per heavy atom. The number of carbonyl (C=O) groups is 1. The van der Waals surface area contributed by atoms with Gasteiger partial charge < -0.3 is 54.5 Å². The molecule has 0 aromatic carbocycles. The monoisotopic (exact) mass is 655 g/mol. The molecule has 1 amide bonds. The number of guanidine groups is 3. The average molecular weight is 655 g/mol. The van der Waals surface area contributed by atoms with Gasteiger partial charge in [-0.3, -0.25) is 21.0 Å². The minimum absolute atomic E-state index is 0.0276. The van der Waals surface area contributed by atoms with Crippen LogP contribution in [0.15, 0.2) is 5.11 Å². The largest absolute Gasteiger partial charge is 0.380 e. The van der Waals surface area contributed by atoms with Gasteiger partial charge in [0.1, 0.15) is 31.4 Å². The van der Waals surface area contributed by atoms with Gasteiger partial charge in [-0.2, -0.15) is 0 Å². The summed E-state index contributed by atoms with van der Waals surface area (Å²) in [5.41, 5.74) is 8.64. The fourth-order valence-corrected chi connectivity index (χ4v) is 6.52. The second kappa shape index (κ2) is 17.2. The standard InChI is InChI=1S/C25H49B4N13O5/c1-14(43)39-6-15(44-19(26)10-39)2-34-23(30)40-7-16(45-20(27)11-40)3-35-24(31)41-8-17(46-21(28)12-41)4-36-25(32)42-9-18(5-37-38-33)47-22(29)13-42/h15-22H,2-13,26-29H2,1H3,(H2,30,34)(H2,31,35)(H2,32,36). The zero-order chi connectivity index (χ0) is 34.1. The van der Waals surface area contributed by atoms with Gasteiger partial charge >= 0.3 is 0 Å². The molecule has 6 N–H and O–H groups in total. The zero-order valence-electron chi connectivity index (χ0n) is 28.3. The van der Waals surface area contributed by atoms with Crippen LogP contribution in [-0.4, -0.2) is 202 Å². The molecule has 256 valence electrons. The van der Waals surface area contributed by atoms with Crippen LogP contribution in [0.1, 0.15) is 6.92 Å². The van der Waals surface area contributed by atoms with Crippen LogP contribution >= 0.6 is 0 Å². The molecule has 8 atom stereocenters. The van der Waals surface area contributed by atoms with Gasteiger partial charge in [0, 0.05) is 108 Å². The number of hydrogen-bond acceptors (Lipinski definition) is 9. The van der Waals surface area contributed by atoms with Crippen LogP contribution in [0.3, 0.4) is 0 Å². The second-order valence-corrected chi connectivity index (χ2v) is 13.0. The summed E-state index contributed by atoms with van der Waals surface area (Å²) in [7, 11) is 7.83. The van der Waals surface area contributed by atoms with Gasteiger partial charge in [0.05, 0.1) is 31.0 Å². The Bertz CT molecular complexity index is 1170. The lowest BCUT2D eigenvalue weighted by Gasteiger charge is -2.41. The lowest BCUT2D eigenvalue weighted by molar-refractivity contribution is -0.138. The Morgan fingerprint density at radius 3 is 1.34 bits per heavy atom. The van der Waals surface area contributed by atoms with Gasteiger partial charge in [0.15, 0.2) is 17.9 Å². The van der Waals surface area contributed by atoms with E-state index in [1.807, 2.05) is 46.1 Å². The van der Waals surface area contributed by atoms with E-state index in [0.717, 1.165) is 0 Å². The SMILES string of the molecule is BC1CN(C(=N)NCC2CN(C(=N)NCC3CN(C(=N)NCC4CN(C(C)=O)CC(B)O4)CC(B)O3)CC(B)O2)CC(CN=[N+]=[N-])O1. The van der Waals surface area contributed by atoms with Gasteiger partial charge in [-0.15, -0.1) is 0 Å². The molecule has 4 aliphatic rings. The highest BCUT2D eigenvalue weighted by atomic mass is 16.5. The van der Waals surface area contributed by atoms with E-state index in [2.05, 4.69) is 26.0 Å². The number of nitrogens with zero attached hydrogens (tertiary/aromatic N) is 7. The van der Waals surface area contributed by atoms with E-state index in [1.54, 1.807) is 11.8 Å². The molecule has 0 aromatic heterocycles. The van der Waals surface area contributed by atoms with Gasteiger partial charge in [-0.1, -0.05) is 5.11 Å². The number of ether oxygens (including phenoxy) is 4. The summed E-state index contributed by atoms with van der Waals surface area (Å²) in [6.07, 6.45) is -0.915. The lowest BCUT2D eigenvalue weighted by atomic mass is 9.97. The van der Waals surface area contributed by atoms with Crippen molar-refractivity contribution in [2.24, 2.45) is 5.11 Å². The third-order valence-electron chi connectivity index (χ3n) is 8.54. The summed E-state index contributed by atoms with van der Waals surface area (Å²) in [6, 6.07) is -0.344. The minimum atomic E-state index is -0.268. The van der Waals surface area contributed by atoms with Crippen molar-refractivity contribution in [2.45, 2.75) is 55.4 Å². The number of rotatable bonds is 8. The maximum atomic E-state index is 11.9. The van der Waals surface area contributed by atoms with Gasteiger partial charge in [0.2, 0.25) is 5.91 Å². The molecule has 18 nitrogen and oxygen atoms in total. The number of nitrogens with one attached hydrogen (secondary N) is 6. The second-order valence-electron chi connectivity index (χ2n) is 13.0. The Balaban J connectivity index is 1.20. The average Bonchev–Trinajstić information content (AvgIpc) is 3.03. The van der Waals surface area contributed by atoms with E-state index in [-0.39, 0.29) is 78.8 Å². The molecule has 4 saturated heterocycles. The summed E-state index contributed by atoms with van der Waals surface area (Å²) in [4.78, 5) is 22.2. The quantitative estimate of drug-likeness (QED) is 0.0361. The van der Waals surface area contributed by atoms with E-state index in [4.69, 9.17) is 40.7 Å². The lowest BCUT2D eigenvalue weighted by Crippen LogP contribution is -2.60. The number of hydrogen-bond donors (Lipinski definition) is 6. The Labute approximate surface area is 280 Å². The smallest absolute Gasteiger partial charge is 0.219 e. The van der Waals surface area contributed by atoms with Gasteiger partial charge in [0.25, 0.3) is 0 Å². The van der Waals surface area contributed by atoms with Crippen LogP contribution in [0, 0.1) is 16.2 Å². The molecule has 0 spiro atoms. The number of azide groups is 1. The first-order chi connectivity index (χ1) is 22.4. The fraction of sp³-hybridized carbons (Fsp3) is 0.840. The predicted octanol–water partition coefficient (Wildman–Crippen LogP) is -5.94. The molecule has 4 rings (SSSR count). The summed E-state index contributed by atoms with van der Waals surface area (Å²) in [5, 5.41) is 39.2. The molecule has 0 bridgehead atoms. The molecule has 4 aliphatic heterocycles. The van der Waals surface area contributed by atoms with Crippen molar-refractivity contribution in [3.05, 3.63) is 10.4 Å². The van der Waals surface area contributed by atoms with Crippen LogP contribution in [0.4, 0.5) is 0 Å². The summed E-state index contributed by atoms with van der Waals surface area (Å²) in [6.45, 7) is 7.26. The molecular formula is C25H49B4N13O5. The molecule has 22 heteroatoms. The highest BCUT2D eigenvalue weighted by molar-refractivity contribution is 6.12. The van der Waals surface area contributed by atoms with Crippen LogP contribution in [0.5, 0.6) is 0 Å². The van der Waals surface area contributed by atoms with Crippen molar-refractivity contribution in [1.82, 2.24) is 35.6 Å². The van der Waals surface area contributed by atoms with E-state index < -0.39 is 0 Å². The molecule has 0 saturated carbocycles. The van der Waals surface area contributed by atoms with Crippen molar-refractivity contribution in [1.29, 1.82) is 16.2 Å². The van der Waals surface area contributed by atoms with Crippen LogP contribution in [0.2, 0.25) is 0 Å². The van der Waals surface area contributed by atoms with Crippen LogP contribution in [0.25, 0.3) is 10.4 Å². The van der Waals surface area contributed by atoms with E-state index in [0.29, 0.717) is 72.0 Å². The maximum absolute atomic E-state index is 11.9.